The molecule has 0 fully saturated rings. The molecule has 13 heteroatoms. The molecule has 23 heavy (non-hydrogen) atoms. The van der Waals surface area contributed by atoms with Crippen LogP contribution < -0.4 is 100 Å². The first-order valence-electron chi connectivity index (χ1n) is 5.03. The van der Waals surface area contributed by atoms with Crippen LogP contribution in [0.4, 0.5) is 0 Å². The third kappa shape index (κ3) is 3040. The van der Waals surface area contributed by atoms with Crippen molar-refractivity contribution in [3.63, 3.8) is 0 Å². The first kappa shape index (κ1) is 49.6. The van der Waals surface area contributed by atoms with E-state index in [1.54, 1.807) is 0 Å². The van der Waals surface area contributed by atoms with Gasteiger partial charge in [0.25, 0.3) is 23.9 Å². The van der Waals surface area contributed by atoms with E-state index in [-0.39, 0.29) is 93.0 Å². The number of nitrogens with two attached hydrogens (primary N) is 2. The number of carboxylic acid groups (broad SMARTS) is 4. The first-order valence-corrected chi connectivity index (χ1v) is 5.03. The second-order valence-corrected chi connectivity index (χ2v) is 2.65. The number of carboxylic acids is 4. The molecule has 0 atom stereocenters. The predicted octanol–water partition coefficient (Wildman–Crippen LogP) is -9.38. The van der Waals surface area contributed by atoms with Gasteiger partial charge in [-0.2, -0.15) is 0 Å². The zero-order chi connectivity index (χ0) is 17.7. The quantitative estimate of drug-likeness (QED) is 0.240. The van der Waals surface area contributed by atoms with E-state index in [2.05, 4.69) is 0 Å². The largest absolute Gasteiger partial charge is 1.00 e. The van der Waals surface area contributed by atoms with Crippen molar-refractivity contribution in [3.8, 4) is 0 Å². The topological polar surface area (TPSA) is 201 Å². The molecule has 0 unspecified atom stereocenters. The van der Waals surface area contributed by atoms with Crippen LogP contribution in [0.5, 0.6) is 0 Å². The van der Waals surface area contributed by atoms with Crippen molar-refractivity contribution in [1.82, 2.24) is 0 Å². The SMILES string of the molecule is CC(=O)O.CC(=O)O.CC(=O)O.CC(=O)O.NCCN.[H-].[H-].[H-].[Na+].[Na+].[Na+]. The maximum Gasteiger partial charge on any atom is 1.00 e. The van der Waals surface area contributed by atoms with E-state index in [1.807, 2.05) is 0 Å². The van der Waals surface area contributed by atoms with E-state index >= 15 is 0 Å². The van der Waals surface area contributed by atoms with Crippen molar-refractivity contribution in [2.75, 3.05) is 13.1 Å². The molecule has 0 aromatic carbocycles. The molecule has 0 amide bonds. The summed E-state index contributed by atoms with van der Waals surface area (Å²) in [7, 11) is 0. The van der Waals surface area contributed by atoms with Crippen molar-refractivity contribution < 1.29 is 133 Å². The Morgan fingerprint density at radius 1 is 0.609 bits per heavy atom. The third-order valence-electron chi connectivity index (χ3n) is 0.167. The zero-order valence-corrected chi connectivity index (χ0v) is 21.0. The normalized spacial score (nSPS) is 5.65. The second kappa shape index (κ2) is 49.5. The van der Waals surface area contributed by atoms with Crippen LogP contribution >= 0.6 is 0 Å². The molecule has 0 bridgehead atoms. The van der Waals surface area contributed by atoms with Gasteiger partial charge in [-0.3, -0.25) is 19.2 Å². The average Bonchev–Trinajstić information content (AvgIpc) is 2.13. The van der Waals surface area contributed by atoms with Crippen molar-refractivity contribution >= 4 is 23.9 Å². The molecule has 0 saturated carbocycles. The van der Waals surface area contributed by atoms with E-state index in [0.717, 1.165) is 27.7 Å². The second-order valence-electron chi connectivity index (χ2n) is 2.65. The Hall–Kier alpha value is 0.800. The summed E-state index contributed by atoms with van der Waals surface area (Å²) in [6.45, 7) is 5.53. The summed E-state index contributed by atoms with van der Waals surface area (Å²) in [5, 5.41) is 29.7. The van der Waals surface area contributed by atoms with Crippen molar-refractivity contribution in [2.24, 2.45) is 11.5 Å². The molecule has 0 aliphatic carbocycles. The monoisotopic (exact) mass is 372 g/mol. The van der Waals surface area contributed by atoms with Crippen LogP contribution in [0.25, 0.3) is 0 Å². The van der Waals surface area contributed by atoms with Crippen molar-refractivity contribution in [3.05, 3.63) is 0 Å². The minimum atomic E-state index is -0.833. The molecule has 0 saturated heterocycles. The van der Waals surface area contributed by atoms with Crippen LogP contribution in [-0.4, -0.2) is 57.4 Å². The summed E-state index contributed by atoms with van der Waals surface area (Å²) in [5.74, 6) is -3.33. The Morgan fingerprint density at radius 2 is 0.652 bits per heavy atom. The summed E-state index contributed by atoms with van der Waals surface area (Å²) in [5.41, 5.74) is 9.81. The van der Waals surface area contributed by atoms with Gasteiger partial charge in [0.15, 0.2) is 0 Å². The van der Waals surface area contributed by atoms with Gasteiger partial charge in [-0.15, -0.1) is 0 Å². The molecule has 0 aromatic rings. The zero-order valence-electron chi connectivity index (χ0n) is 18.0. The van der Waals surface area contributed by atoms with Crippen LogP contribution in [0.1, 0.15) is 32.0 Å². The Kier molecular flexibility index (Phi) is 107. The van der Waals surface area contributed by atoms with E-state index in [9.17, 15) is 0 Å². The first-order chi connectivity index (χ1) is 8.84. The van der Waals surface area contributed by atoms with Crippen LogP contribution in [0.2, 0.25) is 0 Å². The number of hydrogen-bond donors (Lipinski definition) is 6. The van der Waals surface area contributed by atoms with Crippen LogP contribution in [0.3, 0.4) is 0 Å². The van der Waals surface area contributed by atoms with Gasteiger partial charge in [-0.1, -0.05) is 0 Å². The number of hydrogen-bond acceptors (Lipinski definition) is 6. The van der Waals surface area contributed by atoms with E-state index in [0.29, 0.717) is 13.1 Å². The fourth-order valence-corrected chi connectivity index (χ4v) is 0. The summed E-state index contributed by atoms with van der Waals surface area (Å²) in [6, 6.07) is 0. The predicted molar refractivity (Wildman–Crippen MR) is 74.7 cm³/mol. The molecule has 0 spiro atoms. The van der Waals surface area contributed by atoms with Gasteiger partial charge >= 0.3 is 88.7 Å². The van der Waals surface area contributed by atoms with Crippen molar-refractivity contribution in [1.29, 1.82) is 0 Å². The van der Waals surface area contributed by atoms with E-state index in [1.165, 1.54) is 0 Å². The molecule has 0 aromatic heterocycles. The summed E-state index contributed by atoms with van der Waals surface area (Å²) in [4.78, 5) is 36.0. The minimum absolute atomic E-state index is 0. The molecule has 0 heterocycles. The van der Waals surface area contributed by atoms with Crippen LogP contribution in [0.15, 0.2) is 0 Å². The summed E-state index contributed by atoms with van der Waals surface area (Å²) < 4.78 is 0. The maximum absolute atomic E-state index is 9.00. The average molecular weight is 372 g/mol. The van der Waals surface area contributed by atoms with Gasteiger partial charge in [0, 0.05) is 40.8 Å². The van der Waals surface area contributed by atoms with Gasteiger partial charge in [0.2, 0.25) is 0 Å². The third-order valence-corrected chi connectivity index (χ3v) is 0.167. The van der Waals surface area contributed by atoms with Gasteiger partial charge in [0.1, 0.15) is 0 Å². The maximum atomic E-state index is 9.00. The fraction of sp³-hybridized carbons (Fsp3) is 0.600. The van der Waals surface area contributed by atoms with E-state index < -0.39 is 23.9 Å². The Morgan fingerprint density at radius 3 is 0.652 bits per heavy atom. The molecule has 10 nitrogen and oxygen atoms in total. The van der Waals surface area contributed by atoms with Crippen LogP contribution in [0, 0.1) is 0 Å². The van der Waals surface area contributed by atoms with Crippen molar-refractivity contribution in [2.45, 2.75) is 27.7 Å². The molecular weight excluding hydrogens is 345 g/mol. The van der Waals surface area contributed by atoms with Gasteiger partial charge in [-0.05, 0) is 0 Å². The minimum Gasteiger partial charge on any atom is -1.00 e. The smallest absolute Gasteiger partial charge is 1.00 e. The van der Waals surface area contributed by atoms with Gasteiger partial charge in [-0.25, -0.2) is 0 Å². The van der Waals surface area contributed by atoms with Crippen LogP contribution in [-0.2, 0) is 19.2 Å². The fourth-order valence-electron chi connectivity index (χ4n) is 0. The Balaban J connectivity index is -0.0000000114. The number of aliphatic carboxylic acids is 4. The summed E-state index contributed by atoms with van der Waals surface area (Å²) >= 11 is 0. The van der Waals surface area contributed by atoms with Gasteiger partial charge < -0.3 is 36.2 Å². The molecule has 0 rings (SSSR count). The number of rotatable bonds is 1. The van der Waals surface area contributed by atoms with Gasteiger partial charge in [0.05, 0.1) is 0 Å². The Bertz CT molecular complexity index is 216. The van der Waals surface area contributed by atoms with E-state index in [4.69, 9.17) is 51.1 Å². The summed E-state index contributed by atoms with van der Waals surface area (Å²) in [6.07, 6.45) is 0. The molecule has 128 valence electrons. The molecule has 8 N–H and O–H groups in total. The standard InChI is InChI=1S/C2H8N2.4C2H4O2.3Na.3H/c3-1-2-4;4*1-2(3)4;;;;;;/h1-4H2;4*1H3,(H,3,4);;;;;;/q;;;;;3*+1;3*-1. The molecule has 0 aliphatic heterocycles. The molecule has 0 aliphatic rings. The Labute approximate surface area is 206 Å². The molecule has 0 radical (unpaired) electrons. The molecular formula is C10H27N2Na3O8. The number of carbonyl (C=O) groups is 4.